The zero-order valence-electron chi connectivity index (χ0n) is 11.8. The largest absolute Gasteiger partial charge is 0.480 e. The molecule has 0 heterocycles. The number of carboxylic acid groups (broad SMARTS) is 3. The molecule has 5 N–H and O–H groups in total. The fourth-order valence-electron chi connectivity index (χ4n) is 1.46. The average molecular weight is 324 g/mol. The van der Waals surface area contributed by atoms with Gasteiger partial charge in [-0.1, -0.05) is 26.0 Å². The average Bonchev–Trinajstić information content (AvgIpc) is 2.38. The van der Waals surface area contributed by atoms with Crippen molar-refractivity contribution in [2.45, 2.75) is 26.3 Å². The Morgan fingerprint density at radius 1 is 1.00 bits per heavy atom. The molecule has 0 aromatic heterocycles. The van der Waals surface area contributed by atoms with E-state index in [-0.39, 0.29) is 34.2 Å². The van der Waals surface area contributed by atoms with Gasteiger partial charge in [0.05, 0.1) is 11.1 Å². The lowest BCUT2D eigenvalue weighted by Crippen LogP contribution is -2.31. The van der Waals surface area contributed by atoms with Gasteiger partial charge in [-0.2, -0.15) is 0 Å². The highest BCUT2D eigenvalue weighted by Crippen LogP contribution is 2.07. The van der Waals surface area contributed by atoms with E-state index < -0.39 is 23.9 Å². The van der Waals surface area contributed by atoms with Crippen LogP contribution in [0, 0.1) is 5.92 Å². The Hall–Kier alpha value is -1.64. The maximum atomic E-state index is 10.5. The van der Waals surface area contributed by atoms with E-state index in [1.807, 2.05) is 13.8 Å². The number of hydrogen-bond donors (Lipinski definition) is 4. The molecule has 0 bridgehead atoms. The summed E-state index contributed by atoms with van der Waals surface area (Å²) in [5.41, 5.74) is 4.84. The highest BCUT2D eigenvalue weighted by atomic mass is 24.3. The van der Waals surface area contributed by atoms with Crippen molar-refractivity contribution in [3.05, 3.63) is 35.4 Å². The second-order valence-electron chi connectivity index (χ2n) is 4.73. The Labute approximate surface area is 144 Å². The van der Waals surface area contributed by atoms with Crippen molar-refractivity contribution >= 4 is 41.0 Å². The van der Waals surface area contributed by atoms with Crippen LogP contribution in [0.4, 0.5) is 0 Å². The Morgan fingerprint density at radius 2 is 1.36 bits per heavy atom. The van der Waals surface area contributed by atoms with E-state index in [0.717, 1.165) is 0 Å². The molecule has 1 rings (SSSR count). The number of aromatic carboxylic acids is 2. The Morgan fingerprint density at radius 3 is 1.55 bits per heavy atom. The van der Waals surface area contributed by atoms with Crippen LogP contribution in [0.3, 0.4) is 0 Å². The van der Waals surface area contributed by atoms with Crippen molar-refractivity contribution in [1.82, 2.24) is 0 Å². The highest BCUT2D eigenvalue weighted by Gasteiger charge is 2.13. The fraction of sp³-hybridized carbons (Fsp3) is 0.357. The van der Waals surface area contributed by atoms with Gasteiger partial charge in [0.15, 0.2) is 0 Å². The molecule has 0 aliphatic rings. The third-order valence-electron chi connectivity index (χ3n) is 2.43. The van der Waals surface area contributed by atoms with Crippen LogP contribution in [0.15, 0.2) is 24.3 Å². The third-order valence-corrected chi connectivity index (χ3v) is 2.43. The van der Waals surface area contributed by atoms with Crippen LogP contribution in [0.2, 0.25) is 0 Å². The highest BCUT2D eigenvalue weighted by molar-refractivity contribution is 6.01. The van der Waals surface area contributed by atoms with Gasteiger partial charge in [0.25, 0.3) is 0 Å². The lowest BCUT2D eigenvalue weighted by Gasteiger charge is -2.07. The molecule has 7 nitrogen and oxygen atoms in total. The smallest absolute Gasteiger partial charge is 0.336 e. The topological polar surface area (TPSA) is 138 Å². The standard InChI is InChI=1S/C8H6O4.C6H13NO2.Mg.2H/c9-7(10)5-3-1-2-4-6(5)8(11)12;1-4(2)3-5(7)6(8)9;;;/h1-4H,(H,9,10)(H,11,12);4-5H,3,7H2,1-2H3,(H,8,9);;;. The van der Waals surface area contributed by atoms with Crippen LogP contribution in [0.5, 0.6) is 0 Å². The summed E-state index contributed by atoms with van der Waals surface area (Å²) in [6, 6.07) is 4.79. The van der Waals surface area contributed by atoms with E-state index in [2.05, 4.69) is 0 Å². The van der Waals surface area contributed by atoms with Crippen LogP contribution >= 0.6 is 0 Å². The maximum absolute atomic E-state index is 10.5. The molecular formula is C14H21MgNO6. The normalized spacial score (nSPS) is 10.7. The van der Waals surface area contributed by atoms with Gasteiger partial charge in [0.2, 0.25) is 0 Å². The summed E-state index contributed by atoms with van der Waals surface area (Å²) in [7, 11) is 0. The summed E-state index contributed by atoms with van der Waals surface area (Å²) in [6.07, 6.45) is 0.551. The van der Waals surface area contributed by atoms with E-state index in [9.17, 15) is 14.4 Å². The number of rotatable bonds is 5. The van der Waals surface area contributed by atoms with Crippen LogP contribution in [0.25, 0.3) is 0 Å². The van der Waals surface area contributed by atoms with Crippen LogP contribution in [-0.4, -0.2) is 62.3 Å². The van der Waals surface area contributed by atoms with Crippen molar-refractivity contribution < 1.29 is 29.7 Å². The van der Waals surface area contributed by atoms with Gasteiger partial charge in [-0.25, -0.2) is 9.59 Å². The minimum atomic E-state index is -1.23. The van der Waals surface area contributed by atoms with Crippen molar-refractivity contribution in [3.8, 4) is 0 Å². The monoisotopic (exact) mass is 323 g/mol. The summed E-state index contributed by atoms with van der Waals surface area (Å²) in [6.45, 7) is 3.89. The molecule has 1 unspecified atom stereocenters. The number of carboxylic acids is 3. The maximum Gasteiger partial charge on any atom is 0.336 e. The molecule has 0 saturated carbocycles. The molecule has 0 aliphatic carbocycles. The van der Waals surface area contributed by atoms with E-state index in [4.69, 9.17) is 21.1 Å². The van der Waals surface area contributed by atoms with Gasteiger partial charge in [0, 0.05) is 0 Å². The molecule has 120 valence electrons. The molecule has 1 atom stereocenters. The van der Waals surface area contributed by atoms with Crippen LogP contribution < -0.4 is 5.73 Å². The zero-order valence-corrected chi connectivity index (χ0v) is 11.8. The molecule has 0 amide bonds. The van der Waals surface area contributed by atoms with E-state index in [1.54, 1.807) is 0 Å². The molecule has 0 aliphatic heterocycles. The molecule has 8 heteroatoms. The van der Waals surface area contributed by atoms with E-state index in [1.165, 1.54) is 24.3 Å². The molecule has 0 spiro atoms. The summed E-state index contributed by atoms with van der Waals surface area (Å²) in [5.74, 6) is -3.01. The van der Waals surface area contributed by atoms with Crippen molar-refractivity contribution in [2.75, 3.05) is 0 Å². The lowest BCUT2D eigenvalue weighted by atomic mass is 10.1. The molecule has 22 heavy (non-hydrogen) atoms. The quantitative estimate of drug-likeness (QED) is 0.582. The number of carbonyl (C=O) groups is 3. The minimum Gasteiger partial charge on any atom is -0.480 e. The number of nitrogens with two attached hydrogens (primary N) is 1. The van der Waals surface area contributed by atoms with Gasteiger partial charge in [-0.15, -0.1) is 0 Å². The number of hydrogen-bond acceptors (Lipinski definition) is 4. The summed E-state index contributed by atoms with van der Waals surface area (Å²) >= 11 is 0. The zero-order chi connectivity index (χ0) is 16.6. The Bertz CT molecular complexity index is 485. The van der Waals surface area contributed by atoms with Crippen LogP contribution in [-0.2, 0) is 4.79 Å². The van der Waals surface area contributed by atoms with Crippen molar-refractivity contribution in [3.63, 3.8) is 0 Å². The molecule has 0 radical (unpaired) electrons. The fourth-order valence-corrected chi connectivity index (χ4v) is 1.46. The van der Waals surface area contributed by atoms with Gasteiger partial charge in [-0.05, 0) is 24.5 Å². The Balaban J connectivity index is 0. The second-order valence-corrected chi connectivity index (χ2v) is 4.73. The molecule has 0 saturated heterocycles. The molecule has 1 aromatic carbocycles. The van der Waals surface area contributed by atoms with Gasteiger partial charge < -0.3 is 21.1 Å². The molecular weight excluding hydrogens is 302 g/mol. The lowest BCUT2D eigenvalue weighted by molar-refractivity contribution is -0.138. The summed E-state index contributed by atoms with van der Waals surface area (Å²) in [4.78, 5) is 31.0. The van der Waals surface area contributed by atoms with Gasteiger partial charge >= 0.3 is 41.0 Å². The first-order valence-corrected chi connectivity index (χ1v) is 6.20. The summed E-state index contributed by atoms with van der Waals surface area (Å²) in [5, 5.41) is 25.4. The van der Waals surface area contributed by atoms with Gasteiger partial charge in [-0.3, -0.25) is 4.79 Å². The van der Waals surface area contributed by atoms with E-state index >= 15 is 0 Å². The first-order chi connectivity index (χ1) is 9.66. The minimum absolute atomic E-state index is 0. The van der Waals surface area contributed by atoms with Crippen molar-refractivity contribution in [1.29, 1.82) is 0 Å². The molecule has 0 fully saturated rings. The summed E-state index contributed by atoms with van der Waals surface area (Å²) < 4.78 is 0. The first-order valence-electron chi connectivity index (χ1n) is 6.20. The van der Waals surface area contributed by atoms with Crippen molar-refractivity contribution in [2.24, 2.45) is 11.7 Å². The first kappa shape index (κ1) is 22.6. The van der Waals surface area contributed by atoms with Crippen LogP contribution in [0.1, 0.15) is 41.0 Å². The SMILES string of the molecule is CC(C)CC(N)C(=O)O.O=C(O)c1ccccc1C(=O)O.[MgH2]. The number of aliphatic carboxylic acids is 1. The third kappa shape index (κ3) is 8.60. The second kappa shape index (κ2) is 11.0. The van der Waals surface area contributed by atoms with Gasteiger partial charge in [0.1, 0.15) is 6.04 Å². The Kier molecular flexibility index (Phi) is 11.3. The number of benzene rings is 1. The van der Waals surface area contributed by atoms with E-state index in [0.29, 0.717) is 12.3 Å². The predicted octanol–water partition coefficient (Wildman–Crippen LogP) is 0.611. The predicted molar refractivity (Wildman–Crippen MR) is 84.0 cm³/mol. The molecule has 1 aromatic rings.